The molecule has 1 aromatic carbocycles. The molecule has 94 valence electrons. The van der Waals surface area contributed by atoms with Gasteiger partial charge in [0.2, 0.25) is 5.91 Å². The van der Waals surface area contributed by atoms with Crippen molar-refractivity contribution in [2.75, 3.05) is 11.9 Å². The van der Waals surface area contributed by atoms with Gasteiger partial charge in [-0.25, -0.2) is 0 Å². The van der Waals surface area contributed by atoms with Gasteiger partial charge in [-0.15, -0.1) is 0 Å². The van der Waals surface area contributed by atoms with Gasteiger partial charge in [-0.2, -0.15) is 0 Å². The summed E-state index contributed by atoms with van der Waals surface area (Å²) >= 11 is 5.88. The maximum atomic E-state index is 11.5. The molecule has 1 atom stereocenters. The van der Waals surface area contributed by atoms with Crippen molar-refractivity contribution in [3.8, 4) is 5.75 Å². The summed E-state index contributed by atoms with van der Waals surface area (Å²) in [5, 5.41) is 3.22. The van der Waals surface area contributed by atoms with Crippen LogP contribution in [0.4, 0.5) is 5.69 Å². The van der Waals surface area contributed by atoms with Crippen molar-refractivity contribution < 1.29 is 9.53 Å². The fourth-order valence-corrected chi connectivity index (χ4v) is 1.36. The molecular formula is C12H17ClN2O2. The van der Waals surface area contributed by atoms with E-state index in [9.17, 15) is 4.79 Å². The third kappa shape index (κ3) is 4.24. The van der Waals surface area contributed by atoms with Gasteiger partial charge >= 0.3 is 0 Å². The maximum absolute atomic E-state index is 11.5. The highest BCUT2D eigenvalue weighted by Gasteiger charge is 2.11. The van der Waals surface area contributed by atoms with Crippen molar-refractivity contribution in [2.24, 2.45) is 5.73 Å². The number of nitrogens with one attached hydrogen (secondary N) is 1. The number of nitrogens with two attached hydrogens (primary N) is 1. The Balaban J connectivity index is 2.86. The summed E-state index contributed by atoms with van der Waals surface area (Å²) in [6, 6.07) is 4.52. The second kappa shape index (κ2) is 6.47. The second-order valence-electron chi connectivity index (χ2n) is 3.77. The summed E-state index contributed by atoms with van der Waals surface area (Å²) < 4.78 is 5.51. The minimum atomic E-state index is -0.576. The van der Waals surface area contributed by atoms with E-state index < -0.39 is 6.04 Å². The van der Waals surface area contributed by atoms with Crippen molar-refractivity contribution in [3.05, 3.63) is 23.2 Å². The first-order valence-electron chi connectivity index (χ1n) is 5.53. The Hall–Kier alpha value is -1.26. The molecule has 1 aromatic rings. The van der Waals surface area contributed by atoms with Gasteiger partial charge in [0.05, 0.1) is 18.3 Å². The molecule has 0 aliphatic rings. The largest absolute Gasteiger partial charge is 0.491 e. The van der Waals surface area contributed by atoms with Crippen LogP contribution in [0.1, 0.15) is 20.3 Å². The molecule has 0 fully saturated rings. The van der Waals surface area contributed by atoms with Crippen molar-refractivity contribution in [2.45, 2.75) is 26.3 Å². The molecule has 0 aliphatic heterocycles. The number of ether oxygens (including phenoxy) is 1. The number of hydrogen-bond donors (Lipinski definition) is 2. The number of carbonyl (C=O) groups is 1. The average Bonchev–Trinajstić information content (AvgIpc) is 2.28. The molecule has 0 aromatic heterocycles. The van der Waals surface area contributed by atoms with Crippen LogP contribution in [0.2, 0.25) is 5.02 Å². The molecule has 5 heteroatoms. The van der Waals surface area contributed by atoms with Gasteiger partial charge in [-0.05, 0) is 31.5 Å². The van der Waals surface area contributed by atoms with E-state index in [-0.39, 0.29) is 5.91 Å². The maximum Gasteiger partial charge on any atom is 0.241 e. The minimum absolute atomic E-state index is 0.270. The van der Waals surface area contributed by atoms with Gasteiger partial charge in [-0.1, -0.05) is 18.5 Å². The first-order chi connectivity index (χ1) is 8.04. The summed E-state index contributed by atoms with van der Waals surface area (Å²) in [5.41, 5.74) is 6.04. The van der Waals surface area contributed by atoms with Crippen molar-refractivity contribution >= 4 is 23.2 Å². The summed E-state index contributed by atoms with van der Waals surface area (Å²) in [7, 11) is 0. The minimum Gasteiger partial charge on any atom is -0.491 e. The molecule has 4 nitrogen and oxygen atoms in total. The highest BCUT2D eigenvalue weighted by Crippen LogP contribution is 2.28. The summed E-state index contributed by atoms with van der Waals surface area (Å²) in [6.45, 7) is 4.21. The smallest absolute Gasteiger partial charge is 0.241 e. The van der Waals surface area contributed by atoms with Crippen molar-refractivity contribution in [1.82, 2.24) is 0 Å². The molecule has 0 aliphatic carbocycles. The normalized spacial score (nSPS) is 12.0. The molecule has 0 saturated heterocycles. The summed E-state index contributed by atoms with van der Waals surface area (Å²) in [6.07, 6.45) is 0.892. The molecular weight excluding hydrogens is 240 g/mol. The van der Waals surface area contributed by atoms with Crippen molar-refractivity contribution in [3.63, 3.8) is 0 Å². The Morgan fingerprint density at radius 3 is 2.88 bits per heavy atom. The lowest BCUT2D eigenvalue weighted by molar-refractivity contribution is -0.117. The highest BCUT2D eigenvalue weighted by atomic mass is 35.5. The van der Waals surface area contributed by atoms with E-state index in [0.717, 1.165) is 6.42 Å². The zero-order valence-electron chi connectivity index (χ0n) is 10.00. The molecule has 0 unspecified atom stereocenters. The van der Waals surface area contributed by atoms with Crippen LogP contribution in [0.25, 0.3) is 0 Å². The molecule has 1 rings (SSSR count). The molecule has 0 spiro atoms. The van der Waals surface area contributed by atoms with Crippen molar-refractivity contribution in [1.29, 1.82) is 0 Å². The third-order valence-electron chi connectivity index (χ3n) is 2.07. The van der Waals surface area contributed by atoms with E-state index >= 15 is 0 Å². The highest BCUT2D eigenvalue weighted by molar-refractivity contribution is 6.31. The Morgan fingerprint density at radius 1 is 1.59 bits per heavy atom. The average molecular weight is 257 g/mol. The SMILES string of the molecule is CCCOc1ccc(Cl)cc1NC(=O)[C@@H](C)N. The Morgan fingerprint density at radius 2 is 2.29 bits per heavy atom. The summed E-state index contributed by atoms with van der Waals surface area (Å²) in [5.74, 6) is 0.332. The lowest BCUT2D eigenvalue weighted by Crippen LogP contribution is -2.32. The second-order valence-corrected chi connectivity index (χ2v) is 4.20. The zero-order chi connectivity index (χ0) is 12.8. The molecule has 17 heavy (non-hydrogen) atoms. The number of anilines is 1. The lowest BCUT2D eigenvalue weighted by atomic mass is 10.2. The van der Waals surface area contributed by atoms with Crippen LogP contribution in [-0.4, -0.2) is 18.6 Å². The van der Waals surface area contributed by atoms with Crippen LogP contribution >= 0.6 is 11.6 Å². The topological polar surface area (TPSA) is 64.3 Å². The fourth-order valence-electron chi connectivity index (χ4n) is 1.18. The van der Waals surface area contributed by atoms with E-state index in [4.69, 9.17) is 22.1 Å². The van der Waals surface area contributed by atoms with E-state index in [0.29, 0.717) is 23.1 Å². The van der Waals surface area contributed by atoms with Gasteiger partial charge in [0, 0.05) is 5.02 Å². The number of carbonyl (C=O) groups excluding carboxylic acids is 1. The van der Waals surface area contributed by atoms with Gasteiger partial charge in [0.25, 0.3) is 0 Å². The van der Waals surface area contributed by atoms with Crippen LogP contribution in [0.3, 0.4) is 0 Å². The van der Waals surface area contributed by atoms with E-state index in [1.807, 2.05) is 6.92 Å². The number of benzene rings is 1. The number of rotatable bonds is 5. The number of amides is 1. The number of halogens is 1. The lowest BCUT2D eigenvalue weighted by Gasteiger charge is -2.13. The van der Waals surface area contributed by atoms with Crippen LogP contribution in [0.5, 0.6) is 5.75 Å². The zero-order valence-corrected chi connectivity index (χ0v) is 10.8. The molecule has 1 amide bonds. The monoisotopic (exact) mass is 256 g/mol. The predicted molar refractivity (Wildman–Crippen MR) is 69.5 cm³/mol. The van der Waals surface area contributed by atoms with E-state index in [1.54, 1.807) is 25.1 Å². The van der Waals surface area contributed by atoms with E-state index in [2.05, 4.69) is 5.32 Å². The van der Waals surface area contributed by atoms with Crippen LogP contribution in [0, 0.1) is 0 Å². The first-order valence-corrected chi connectivity index (χ1v) is 5.91. The van der Waals surface area contributed by atoms with Crippen LogP contribution in [-0.2, 0) is 4.79 Å². The molecule has 0 heterocycles. The standard InChI is InChI=1S/C12H17ClN2O2/c1-3-6-17-11-5-4-9(13)7-10(11)15-12(16)8(2)14/h4-5,7-8H,3,6,14H2,1-2H3,(H,15,16)/t8-/m1/s1. The van der Waals surface area contributed by atoms with Gasteiger partial charge in [0.1, 0.15) is 5.75 Å². The first kappa shape index (κ1) is 13.8. The fraction of sp³-hybridized carbons (Fsp3) is 0.417. The Labute approximate surface area is 106 Å². The molecule has 3 N–H and O–H groups in total. The predicted octanol–water partition coefficient (Wildman–Crippen LogP) is 2.41. The van der Waals surface area contributed by atoms with Crippen LogP contribution in [0.15, 0.2) is 18.2 Å². The Kier molecular flexibility index (Phi) is 5.25. The van der Waals surface area contributed by atoms with Gasteiger partial charge < -0.3 is 15.8 Å². The van der Waals surface area contributed by atoms with Gasteiger partial charge in [0.15, 0.2) is 0 Å². The van der Waals surface area contributed by atoms with Gasteiger partial charge in [-0.3, -0.25) is 4.79 Å². The summed E-state index contributed by atoms with van der Waals surface area (Å²) in [4.78, 5) is 11.5. The molecule has 0 radical (unpaired) electrons. The quantitative estimate of drug-likeness (QED) is 0.850. The molecule has 0 saturated carbocycles. The number of hydrogen-bond acceptors (Lipinski definition) is 3. The van der Waals surface area contributed by atoms with E-state index in [1.165, 1.54) is 0 Å². The Bertz CT molecular complexity index is 394. The third-order valence-corrected chi connectivity index (χ3v) is 2.31. The van der Waals surface area contributed by atoms with Crippen LogP contribution < -0.4 is 15.8 Å². The molecule has 0 bridgehead atoms.